The third-order valence-electron chi connectivity index (χ3n) is 9.56. The minimum atomic E-state index is -0.353. The molecule has 4 amide bonds. The Balaban J connectivity index is 0.000000192. The van der Waals surface area contributed by atoms with Crippen molar-refractivity contribution in [1.29, 1.82) is 0 Å². The molecule has 0 aliphatic carbocycles. The predicted octanol–water partition coefficient (Wildman–Crippen LogP) is 10.8. The molecule has 61 heavy (non-hydrogen) atoms. The molecule has 0 atom stereocenters. The Morgan fingerprint density at radius 2 is 1.15 bits per heavy atom. The highest BCUT2D eigenvalue weighted by Crippen LogP contribution is 2.37. The Kier molecular flexibility index (Phi) is 15.5. The van der Waals surface area contributed by atoms with Crippen LogP contribution < -0.4 is 20.0 Å². The van der Waals surface area contributed by atoms with Crippen LogP contribution in [0.4, 0.5) is 32.6 Å². The highest BCUT2D eigenvalue weighted by molar-refractivity contribution is 7.98. The van der Waals surface area contributed by atoms with E-state index in [4.69, 9.17) is 37.7 Å². The molecule has 6 aromatic rings. The standard InChI is InChI=1S/C26H29ClN4O3S.C19H15ClN4OS/c1-3-33-16-21(17-34-4-2)31-24-20(15-30(26(31)32)23-13-9-8-12-22(23)27)14-28-25(29-24)35-18-19-10-6-5-7-11-19;20-15-8-4-5-9-16(15)24-11-14-10-21-18(22-17(14)23-19(24)25)26-12-13-6-2-1-3-7-13/h5-14,21H,3-4,15-18H2,1-2H3;1-10H,11-12H2,(H,21,22,23,25). The molecular formula is C45H44Cl2N8O4S2. The SMILES string of the molecule is CCOCC(COCC)N1C(=O)N(c2ccccc2Cl)Cc2cnc(SCc3ccccc3)nc21.O=C1Nc2nc(SCc3ccccc3)ncc2CN1c1ccccc1Cl. The van der Waals surface area contributed by atoms with E-state index in [1.807, 2.05) is 86.6 Å². The van der Waals surface area contributed by atoms with E-state index in [2.05, 4.69) is 44.5 Å². The Bertz CT molecular complexity index is 2410. The maximum atomic E-state index is 13.9. The number of hydrogen-bond acceptors (Lipinski definition) is 10. The number of aromatic nitrogens is 4. The number of nitrogens with one attached hydrogen (secondary N) is 1. The van der Waals surface area contributed by atoms with E-state index < -0.39 is 0 Å². The smallest absolute Gasteiger partial charge is 0.330 e. The summed E-state index contributed by atoms with van der Waals surface area (Å²) in [5, 5.41) is 5.13. The molecule has 0 radical (unpaired) electrons. The van der Waals surface area contributed by atoms with Gasteiger partial charge in [-0.15, -0.1) is 0 Å². The molecule has 16 heteroatoms. The monoisotopic (exact) mass is 894 g/mol. The van der Waals surface area contributed by atoms with Crippen molar-refractivity contribution in [2.75, 3.05) is 46.4 Å². The highest BCUT2D eigenvalue weighted by Gasteiger charge is 2.38. The van der Waals surface area contributed by atoms with Crippen molar-refractivity contribution in [1.82, 2.24) is 19.9 Å². The molecule has 0 bridgehead atoms. The number of ether oxygens (including phenoxy) is 2. The molecule has 314 valence electrons. The third-order valence-corrected chi connectivity index (χ3v) is 12.1. The maximum absolute atomic E-state index is 13.9. The number of halogens is 2. The second-order valence-electron chi connectivity index (χ2n) is 13.7. The molecule has 2 aromatic heterocycles. The number of nitrogens with zero attached hydrogens (tertiary/aromatic N) is 7. The summed E-state index contributed by atoms with van der Waals surface area (Å²) in [5.41, 5.74) is 5.39. The number of para-hydroxylation sites is 2. The first-order valence-corrected chi connectivity index (χ1v) is 22.4. The van der Waals surface area contributed by atoms with Gasteiger partial charge < -0.3 is 9.47 Å². The van der Waals surface area contributed by atoms with Gasteiger partial charge in [-0.2, -0.15) is 0 Å². The molecule has 0 saturated carbocycles. The quantitative estimate of drug-likeness (QED) is 0.0786. The molecule has 4 heterocycles. The van der Waals surface area contributed by atoms with Crippen molar-refractivity contribution in [3.05, 3.63) is 154 Å². The zero-order valence-electron chi connectivity index (χ0n) is 33.6. The zero-order valence-corrected chi connectivity index (χ0v) is 36.8. The number of thioether (sulfide) groups is 2. The first-order chi connectivity index (χ1) is 29.8. The fourth-order valence-corrected chi connectivity index (χ4v) is 8.54. The second kappa shape index (κ2) is 21.5. The van der Waals surface area contributed by atoms with Crippen LogP contribution in [0.25, 0.3) is 0 Å². The number of carbonyl (C=O) groups excluding carboxylic acids is 2. The fraction of sp³-hybridized carbons (Fsp3) is 0.244. The molecule has 2 aliphatic heterocycles. The number of amides is 4. The summed E-state index contributed by atoms with van der Waals surface area (Å²) in [6.07, 6.45) is 3.57. The Morgan fingerprint density at radius 3 is 1.70 bits per heavy atom. The molecule has 0 spiro atoms. The average Bonchev–Trinajstić information content (AvgIpc) is 3.29. The largest absolute Gasteiger partial charge is 0.379 e. The van der Waals surface area contributed by atoms with E-state index in [-0.39, 0.29) is 18.1 Å². The topological polar surface area (TPSA) is 126 Å². The molecule has 12 nitrogen and oxygen atoms in total. The summed E-state index contributed by atoms with van der Waals surface area (Å²) in [7, 11) is 0. The molecule has 4 aromatic carbocycles. The first-order valence-electron chi connectivity index (χ1n) is 19.7. The summed E-state index contributed by atoms with van der Waals surface area (Å²) in [6, 6.07) is 34.1. The maximum Gasteiger partial charge on any atom is 0.330 e. The number of urea groups is 2. The molecule has 0 fully saturated rings. The summed E-state index contributed by atoms with van der Waals surface area (Å²) in [4.78, 5) is 49.7. The van der Waals surface area contributed by atoms with Crippen LogP contribution in [0.1, 0.15) is 36.1 Å². The van der Waals surface area contributed by atoms with Crippen molar-refractivity contribution in [3.8, 4) is 0 Å². The van der Waals surface area contributed by atoms with E-state index in [1.54, 1.807) is 39.2 Å². The molecule has 8 rings (SSSR count). The van der Waals surface area contributed by atoms with Gasteiger partial charge in [0.25, 0.3) is 0 Å². The van der Waals surface area contributed by atoms with Gasteiger partial charge in [-0.25, -0.2) is 29.5 Å². The molecule has 1 N–H and O–H groups in total. The molecule has 0 saturated heterocycles. The van der Waals surface area contributed by atoms with E-state index in [9.17, 15) is 9.59 Å². The van der Waals surface area contributed by atoms with Crippen molar-refractivity contribution in [2.45, 2.75) is 54.8 Å². The number of hydrogen-bond donors (Lipinski definition) is 1. The van der Waals surface area contributed by atoms with Crippen LogP contribution in [-0.4, -0.2) is 64.5 Å². The summed E-state index contributed by atoms with van der Waals surface area (Å²) < 4.78 is 11.5. The number of fused-ring (bicyclic) bond motifs is 2. The van der Waals surface area contributed by atoms with Gasteiger partial charge in [0.2, 0.25) is 0 Å². The minimum absolute atomic E-state index is 0.215. The molecular weight excluding hydrogens is 852 g/mol. The normalized spacial score (nSPS) is 13.4. The molecule has 2 aliphatic rings. The summed E-state index contributed by atoms with van der Waals surface area (Å²) in [6.45, 7) is 6.30. The number of anilines is 4. The van der Waals surface area contributed by atoms with Gasteiger partial charge >= 0.3 is 12.1 Å². The number of carbonyl (C=O) groups is 2. The number of rotatable bonds is 15. The lowest BCUT2D eigenvalue weighted by Crippen LogP contribution is -2.55. The number of benzene rings is 4. The van der Waals surface area contributed by atoms with Gasteiger partial charge in [-0.3, -0.25) is 20.0 Å². The lowest BCUT2D eigenvalue weighted by atomic mass is 10.1. The van der Waals surface area contributed by atoms with Gasteiger partial charge in [0, 0.05) is 48.2 Å². The van der Waals surface area contributed by atoms with Crippen LogP contribution in [0, 0.1) is 0 Å². The van der Waals surface area contributed by atoms with E-state index >= 15 is 0 Å². The van der Waals surface area contributed by atoms with Crippen molar-refractivity contribution in [2.24, 2.45) is 0 Å². The van der Waals surface area contributed by atoms with Crippen LogP contribution in [-0.2, 0) is 34.1 Å². The van der Waals surface area contributed by atoms with E-state index in [0.717, 1.165) is 22.6 Å². The van der Waals surface area contributed by atoms with E-state index in [0.29, 0.717) is 82.9 Å². The van der Waals surface area contributed by atoms with Gasteiger partial charge in [-0.05, 0) is 49.2 Å². The van der Waals surface area contributed by atoms with Crippen LogP contribution in [0.5, 0.6) is 0 Å². The first kappa shape index (κ1) is 43.9. The minimum Gasteiger partial charge on any atom is -0.379 e. The van der Waals surface area contributed by atoms with Gasteiger partial charge in [0.15, 0.2) is 10.3 Å². The Hall–Kier alpha value is -5.22. The lowest BCUT2D eigenvalue weighted by molar-refractivity contribution is 0.0758. The third kappa shape index (κ3) is 11.2. The van der Waals surface area contributed by atoms with Gasteiger partial charge in [0.05, 0.1) is 53.8 Å². The second-order valence-corrected chi connectivity index (χ2v) is 16.4. The highest BCUT2D eigenvalue weighted by atomic mass is 35.5. The van der Waals surface area contributed by atoms with Crippen LogP contribution in [0.15, 0.2) is 132 Å². The average molecular weight is 896 g/mol. The van der Waals surface area contributed by atoms with Crippen LogP contribution in [0.3, 0.4) is 0 Å². The van der Waals surface area contributed by atoms with Crippen molar-refractivity contribution in [3.63, 3.8) is 0 Å². The van der Waals surface area contributed by atoms with Crippen LogP contribution >= 0.6 is 46.7 Å². The van der Waals surface area contributed by atoms with Crippen LogP contribution in [0.2, 0.25) is 10.0 Å². The fourth-order valence-electron chi connectivity index (χ4n) is 6.53. The van der Waals surface area contributed by atoms with Crippen molar-refractivity contribution >= 4 is 81.8 Å². The van der Waals surface area contributed by atoms with Crippen molar-refractivity contribution < 1.29 is 19.1 Å². The predicted molar refractivity (Wildman–Crippen MR) is 245 cm³/mol. The Labute approximate surface area is 374 Å². The van der Waals surface area contributed by atoms with Gasteiger partial charge in [0.1, 0.15) is 11.6 Å². The molecule has 0 unspecified atom stereocenters. The Morgan fingerprint density at radius 1 is 0.656 bits per heavy atom. The summed E-state index contributed by atoms with van der Waals surface area (Å²) >= 11 is 15.8. The lowest BCUT2D eigenvalue weighted by Gasteiger charge is -2.40. The van der Waals surface area contributed by atoms with E-state index in [1.165, 1.54) is 34.7 Å². The zero-order chi connectivity index (χ0) is 42.6. The summed E-state index contributed by atoms with van der Waals surface area (Å²) in [5.74, 6) is 2.66. The van der Waals surface area contributed by atoms with Gasteiger partial charge in [-0.1, -0.05) is 132 Å².